The summed E-state index contributed by atoms with van der Waals surface area (Å²) in [6.45, 7) is 14.2. The van der Waals surface area contributed by atoms with Crippen molar-refractivity contribution in [3.05, 3.63) is 0 Å². The number of rotatable bonds is 8. The monoisotopic (exact) mass is 286 g/mol. The van der Waals surface area contributed by atoms with E-state index in [9.17, 15) is 5.11 Å². The van der Waals surface area contributed by atoms with E-state index in [-0.39, 0.29) is 0 Å². The molecule has 5 nitrogen and oxygen atoms in total. The van der Waals surface area contributed by atoms with Crippen molar-refractivity contribution < 1.29 is 5.11 Å². The van der Waals surface area contributed by atoms with Gasteiger partial charge in [-0.3, -0.25) is 9.80 Å². The van der Waals surface area contributed by atoms with Crippen molar-refractivity contribution in [3.8, 4) is 0 Å². The van der Waals surface area contributed by atoms with Gasteiger partial charge in [0.1, 0.15) is 0 Å². The Labute approximate surface area is 124 Å². The summed E-state index contributed by atoms with van der Waals surface area (Å²) in [5, 5.41) is 13.8. The standard InChI is InChI=1S/C15H34N4O/c1-14(2)16-12-15(3,20)13-19-10-8-18(9-11-19)7-6-17(4)5/h14,16,20H,6-13H2,1-5H3. The zero-order valence-electron chi connectivity index (χ0n) is 14.0. The average molecular weight is 286 g/mol. The summed E-state index contributed by atoms with van der Waals surface area (Å²) in [5.41, 5.74) is -0.643. The lowest BCUT2D eigenvalue weighted by molar-refractivity contribution is 0.00315. The number of aliphatic hydroxyl groups is 1. The Hall–Kier alpha value is -0.200. The maximum Gasteiger partial charge on any atom is 0.0869 e. The number of piperazine rings is 1. The van der Waals surface area contributed by atoms with E-state index in [0.29, 0.717) is 12.6 Å². The highest BCUT2D eigenvalue weighted by Crippen LogP contribution is 2.09. The quantitative estimate of drug-likeness (QED) is 0.653. The second-order valence-corrected chi connectivity index (χ2v) is 6.95. The van der Waals surface area contributed by atoms with Crippen molar-refractivity contribution >= 4 is 0 Å². The summed E-state index contributed by atoms with van der Waals surface area (Å²) in [6.07, 6.45) is 0. The molecule has 20 heavy (non-hydrogen) atoms. The third-order valence-corrected chi connectivity index (χ3v) is 3.78. The first kappa shape index (κ1) is 17.9. The van der Waals surface area contributed by atoms with Gasteiger partial charge in [0.05, 0.1) is 5.60 Å². The van der Waals surface area contributed by atoms with Gasteiger partial charge >= 0.3 is 0 Å². The Kier molecular flexibility index (Phi) is 7.40. The summed E-state index contributed by atoms with van der Waals surface area (Å²) >= 11 is 0. The minimum absolute atomic E-state index is 0.421. The zero-order chi connectivity index (χ0) is 15.2. The fraction of sp³-hybridized carbons (Fsp3) is 1.00. The topological polar surface area (TPSA) is 42.0 Å². The van der Waals surface area contributed by atoms with Crippen molar-refractivity contribution in [2.24, 2.45) is 0 Å². The first-order chi connectivity index (χ1) is 9.28. The van der Waals surface area contributed by atoms with Gasteiger partial charge in [0, 0.05) is 58.4 Å². The van der Waals surface area contributed by atoms with Gasteiger partial charge in [-0.25, -0.2) is 0 Å². The number of likely N-dealkylation sites (N-methyl/N-ethyl adjacent to an activating group) is 1. The van der Waals surface area contributed by atoms with E-state index in [4.69, 9.17) is 0 Å². The molecule has 0 saturated carbocycles. The third kappa shape index (κ3) is 7.55. The molecule has 1 heterocycles. The highest BCUT2D eigenvalue weighted by Gasteiger charge is 2.26. The molecule has 0 bridgehead atoms. The molecule has 1 atom stereocenters. The molecule has 0 aromatic rings. The van der Waals surface area contributed by atoms with Crippen molar-refractivity contribution in [3.63, 3.8) is 0 Å². The second kappa shape index (κ2) is 8.29. The van der Waals surface area contributed by atoms with Gasteiger partial charge in [0.25, 0.3) is 0 Å². The molecule has 1 unspecified atom stereocenters. The molecular formula is C15H34N4O. The molecule has 0 radical (unpaired) electrons. The number of hydrogen-bond donors (Lipinski definition) is 2. The SMILES string of the molecule is CC(C)NCC(C)(O)CN1CCN(CCN(C)C)CC1. The molecule has 0 aliphatic carbocycles. The normalized spacial score (nSPS) is 21.6. The van der Waals surface area contributed by atoms with Crippen LogP contribution in [0.1, 0.15) is 20.8 Å². The molecule has 0 spiro atoms. The molecule has 1 aliphatic heterocycles. The Morgan fingerprint density at radius 1 is 1.15 bits per heavy atom. The molecule has 2 N–H and O–H groups in total. The van der Waals surface area contributed by atoms with Crippen molar-refractivity contribution in [1.82, 2.24) is 20.0 Å². The van der Waals surface area contributed by atoms with Crippen LogP contribution in [0, 0.1) is 0 Å². The van der Waals surface area contributed by atoms with E-state index in [1.807, 2.05) is 6.92 Å². The lowest BCUT2D eigenvalue weighted by Crippen LogP contribution is -2.54. The van der Waals surface area contributed by atoms with E-state index < -0.39 is 5.60 Å². The second-order valence-electron chi connectivity index (χ2n) is 6.95. The molecule has 0 amide bonds. The van der Waals surface area contributed by atoms with Crippen LogP contribution in [0.3, 0.4) is 0 Å². The first-order valence-electron chi connectivity index (χ1n) is 7.84. The Bertz CT molecular complexity index is 261. The lowest BCUT2D eigenvalue weighted by atomic mass is 10.1. The van der Waals surface area contributed by atoms with Crippen LogP contribution in [-0.2, 0) is 0 Å². The van der Waals surface area contributed by atoms with E-state index in [0.717, 1.165) is 45.8 Å². The first-order valence-corrected chi connectivity index (χ1v) is 7.84. The van der Waals surface area contributed by atoms with Crippen LogP contribution >= 0.6 is 0 Å². The number of nitrogens with one attached hydrogen (secondary N) is 1. The maximum absolute atomic E-state index is 10.4. The fourth-order valence-corrected chi connectivity index (χ4v) is 2.47. The van der Waals surface area contributed by atoms with Crippen LogP contribution in [-0.4, -0.2) is 97.9 Å². The minimum Gasteiger partial charge on any atom is -0.388 e. The average Bonchev–Trinajstić information content (AvgIpc) is 2.35. The molecule has 1 saturated heterocycles. The fourth-order valence-electron chi connectivity index (χ4n) is 2.47. The summed E-state index contributed by atoms with van der Waals surface area (Å²) in [5.74, 6) is 0. The molecule has 5 heteroatoms. The molecule has 0 aromatic heterocycles. The Morgan fingerprint density at radius 2 is 1.70 bits per heavy atom. The van der Waals surface area contributed by atoms with Crippen LogP contribution in [0.2, 0.25) is 0 Å². The van der Waals surface area contributed by atoms with Gasteiger partial charge in [-0.15, -0.1) is 0 Å². The molecule has 0 aromatic carbocycles. The van der Waals surface area contributed by atoms with Crippen molar-refractivity contribution in [1.29, 1.82) is 0 Å². The summed E-state index contributed by atoms with van der Waals surface area (Å²) in [6, 6.07) is 0.421. The van der Waals surface area contributed by atoms with Gasteiger partial charge in [-0.05, 0) is 21.0 Å². The molecule has 1 aliphatic rings. The third-order valence-electron chi connectivity index (χ3n) is 3.78. The van der Waals surface area contributed by atoms with Gasteiger partial charge in [-0.1, -0.05) is 13.8 Å². The van der Waals surface area contributed by atoms with Gasteiger partial charge in [0.15, 0.2) is 0 Å². The van der Waals surface area contributed by atoms with Gasteiger partial charge in [-0.2, -0.15) is 0 Å². The van der Waals surface area contributed by atoms with Crippen LogP contribution in [0.25, 0.3) is 0 Å². The lowest BCUT2D eigenvalue weighted by Gasteiger charge is -2.38. The zero-order valence-corrected chi connectivity index (χ0v) is 14.0. The largest absolute Gasteiger partial charge is 0.388 e. The highest BCUT2D eigenvalue weighted by molar-refractivity contribution is 4.83. The van der Waals surface area contributed by atoms with Crippen LogP contribution in [0.15, 0.2) is 0 Å². The van der Waals surface area contributed by atoms with E-state index >= 15 is 0 Å². The van der Waals surface area contributed by atoms with E-state index in [1.54, 1.807) is 0 Å². The summed E-state index contributed by atoms with van der Waals surface area (Å²) < 4.78 is 0. The molecule has 1 rings (SSSR count). The number of nitrogens with zero attached hydrogens (tertiary/aromatic N) is 3. The molecule has 1 fully saturated rings. The van der Waals surface area contributed by atoms with Crippen molar-refractivity contribution in [2.75, 3.05) is 66.5 Å². The predicted octanol–water partition coefficient (Wildman–Crippen LogP) is -0.0854. The van der Waals surface area contributed by atoms with Crippen LogP contribution < -0.4 is 5.32 Å². The smallest absolute Gasteiger partial charge is 0.0869 e. The predicted molar refractivity (Wildman–Crippen MR) is 85.2 cm³/mol. The van der Waals surface area contributed by atoms with Gasteiger partial charge in [0.2, 0.25) is 0 Å². The van der Waals surface area contributed by atoms with E-state index in [2.05, 4.69) is 48.0 Å². The van der Waals surface area contributed by atoms with Crippen LogP contribution in [0.4, 0.5) is 0 Å². The van der Waals surface area contributed by atoms with Gasteiger partial charge < -0.3 is 15.3 Å². The van der Waals surface area contributed by atoms with E-state index in [1.165, 1.54) is 0 Å². The minimum atomic E-state index is -0.643. The van der Waals surface area contributed by atoms with Crippen molar-refractivity contribution in [2.45, 2.75) is 32.4 Å². The summed E-state index contributed by atoms with van der Waals surface area (Å²) in [7, 11) is 4.24. The number of hydrogen-bond acceptors (Lipinski definition) is 5. The highest BCUT2D eigenvalue weighted by atomic mass is 16.3. The maximum atomic E-state index is 10.4. The Morgan fingerprint density at radius 3 is 2.20 bits per heavy atom. The van der Waals surface area contributed by atoms with Crippen LogP contribution in [0.5, 0.6) is 0 Å². The molecular weight excluding hydrogens is 252 g/mol. The number of β-amino-alcohol motifs (C(OH)–C–C–N with tert-alkyl or cyclic N) is 1. The Balaban J connectivity index is 2.24. The summed E-state index contributed by atoms with van der Waals surface area (Å²) in [4.78, 5) is 7.13. The molecule has 120 valence electrons.